The van der Waals surface area contributed by atoms with E-state index in [2.05, 4.69) is 10.8 Å². The Hall–Kier alpha value is -0.840. The highest BCUT2D eigenvalue weighted by Gasteiger charge is 2.13. The van der Waals surface area contributed by atoms with Crippen molar-refractivity contribution in [2.45, 2.75) is 4.90 Å². The van der Waals surface area contributed by atoms with Crippen LogP contribution in [0.5, 0.6) is 0 Å². The van der Waals surface area contributed by atoms with Gasteiger partial charge in [0.15, 0.2) is 0 Å². The Labute approximate surface area is 88.1 Å². The fourth-order valence-electron chi connectivity index (χ4n) is 0.797. The number of rotatable bonds is 4. The molecule has 0 saturated heterocycles. The normalized spacial score (nSPS) is 11.2. The van der Waals surface area contributed by atoms with Crippen molar-refractivity contribution in [3.8, 4) is 0 Å². The summed E-state index contributed by atoms with van der Waals surface area (Å²) < 4.78 is 27.4. The molecule has 1 aromatic carbocycles. The van der Waals surface area contributed by atoms with Crippen molar-refractivity contribution >= 4 is 21.7 Å². The van der Waals surface area contributed by atoms with Crippen molar-refractivity contribution in [2.24, 2.45) is 0 Å². The third kappa shape index (κ3) is 3.14. The highest BCUT2D eigenvalue weighted by atomic mass is 35.5. The molecule has 0 aliphatic rings. The standard InChI is InChI=1S/C9H9ClO3S/c1-8(10)7-13-14(11,12)9-5-3-2-4-6-9/h2-6H,1,7H2. The lowest BCUT2D eigenvalue weighted by Crippen LogP contribution is -2.07. The molecule has 5 heteroatoms. The van der Waals surface area contributed by atoms with E-state index >= 15 is 0 Å². The summed E-state index contributed by atoms with van der Waals surface area (Å²) in [6.45, 7) is 3.12. The van der Waals surface area contributed by atoms with Crippen molar-refractivity contribution < 1.29 is 12.6 Å². The molecule has 3 nitrogen and oxygen atoms in total. The minimum atomic E-state index is -3.70. The minimum absolute atomic E-state index is 0.109. The Morgan fingerprint density at radius 2 is 1.93 bits per heavy atom. The fourth-order valence-corrected chi connectivity index (χ4v) is 1.84. The number of hydrogen-bond donors (Lipinski definition) is 0. The zero-order valence-electron chi connectivity index (χ0n) is 7.31. The SMILES string of the molecule is C=C(Cl)COS(=O)(=O)c1ccccc1. The van der Waals surface area contributed by atoms with Crippen LogP contribution in [0.25, 0.3) is 0 Å². The predicted molar refractivity (Wildman–Crippen MR) is 54.6 cm³/mol. The zero-order chi connectivity index (χ0) is 10.6. The molecule has 0 heterocycles. The van der Waals surface area contributed by atoms with Gasteiger partial charge in [-0.2, -0.15) is 8.42 Å². The summed E-state index contributed by atoms with van der Waals surface area (Å²) in [7, 11) is -3.70. The summed E-state index contributed by atoms with van der Waals surface area (Å²) in [5, 5.41) is 0.143. The van der Waals surface area contributed by atoms with Crippen LogP contribution in [0.15, 0.2) is 46.8 Å². The van der Waals surface area contributed by atoms with Gasteiger partial charge < -0.3 is 0 Å². The Morgan fingerprint density at radius 3 is 2.43 bits per heavy atom. The first-order valence-electron chi connectivity index (χ1n) is 3.80. The van der Waals surface area contributed by atoms with Gasteiger partial charge in [0, 0.05) is 5.03 Å². The Balaban J connectivity index is 2.82. The molecule has 0 atom stereocenters. The average Bonchev–Trinajstić information content (AvgIpc) is 2.16. The van der Waals surface area contributed by atoms with Crippen molar-refractivity contribution in [3.05, 3.63) is 41.9 Å². The Morgan fingerprint density at radius 1 is 1.36 bits per heavy atom. The lowest BCUT2D eigenvalue weighted by Gasteiger charge is -2.03. The maximum absolute atomic E-state index is 11.4. The summed E-state index contributed by atoms with van der Waals surface area (Å²) in [5.74, 6) is 0. The van der Waals surface area contributed by atoms with Gasteiger partial charge in [0.2, 0.25) is 0 Å². The van der Waals surface area contributed by atoms with Crippen LogP contribution in [0.3, 0.4) is 0 Å². The van der Waals surface area contributed by atoms with Crippen LogP contribution in [0.4, 0.5) is 0 Å². The van der Waals surface area contributed by atoms with E-state index in [-0.39, 0.29) is 16.5 Å². The smallest absolute Gasteiger partial charge is 0.261 e. The van der Waals surface area contributed by atoms with Crippen LogP contribution in [-0.2, 0) is 14.3 Å². The van der Waals surface area contributed by atoms with Gasteiger partial charge in [-0.1, -0.05) is 36.4 Å². The Bertz CT molecular complexity index is 411. The van der Waals surface area contributed by atoms with Crippen LogP contribution in [0, 0.1) is 0 Å². The molecular formula is C9H9ClO3S. The number of hydrogen-bond acceptors (Lipinski definition) is 3. The molecular weight excluding hydrogens is 224 g/mol. The lowest BCUT2D eigenvalue weighted by atomic mass is 10.4. The summed E-state index contributed by atoms with van der Waals surface area (Å²) in [6, 6.07) is 7.86. The molecule has 76 valence electrons. The largest absolute Gasteiger partial charge is 0.297 e. The topological polar surface area (TPSA) is 43.4 Å². The van der Waals surface area contributed by atoms with Crippen molar-refractivity contribution in [2.75, 3.05) is 6.61 Å². The molecule has 0 saturated carbocycles. The van der Waals surface area contributed by atoms with E-state index in [0.717, 1.165) is 0 Å². The first kappa shape index (κ1) is 11.2. The van der Waals surface area contributed by atoms with Gasteiger partial charge in [0.05, 0.1) is 4.90 Å². The molecule has 0 unspecified atom stereocenters. The third-order valence-corrected chi connectivity index (χ3v) is 2.79. The molecule has 0 radical (unpaired) electrons. The van der Waals surface area contributed by atoms with E-state index in [0.29, 0.717) is 0 Å². The fraction of sp³-hybridized carbons (Fsp3) is 0.111. The highest BCUT2D eigenvalue weighted by Crippen LogP contribution is 2.12. The van der Waals surface area contributed by atoms with E-state index in [9.17, 15) is 8.42 Å². The lowest BCUT2D eigenvalue weighted by molar-refractivity contribution is 0.354. The van der Waals surface area contributed by atoms with Crippen molar-refractivity contribution in [1.29, 1.82) is 0 Å². The second-order valence-electron chi connectivity index (χ2n) is 2.55. The molecule has 0 spiro atoms. The molecule has 0 fully saturated rings. The summed E-state index contributed by atoms with van der Waals surface area (Å²) >= 11 is 5.39. The summed E-state index contributed by atoms with van der Waals surface area (Å²) in [6.07, 6.45) is 0. The van der Waals surface area contributed by atoms with E-state index < -0.39 is 10.1 Å². The minimum Gasteiger partial charge on any atom is -0.261 e. The molecule has 0 aliphatic carbocycles. The predicted octanol–water partition coefficient (Wildman–Crippen LogP) is 2.14. The van der Waals surface area contributed by atoms with Crippen molar-refractivity contribution in [1.82, 2.24) is 0 Å². The van der Waals surface area contributed by atoms with Gasteiger partial charge >= 0.3 is 0 Å². The van der Waals surface area contributed by atoms with Gasteiger partial charge in [-0.3, -0.25) is 4.18 Å². The first-order chi connectivity index (χ1) is 6.52. The van der Waals surface area contributed by atoms with Gasteiger partial charge in [-0.25, -0.2) is 0 Å². The molecule has 0 amide bonds. The average molecular weight is 233 g/mol. The van der Waals surface area contributed by atoms with Crippen LogP contribution in [-0.4, -0.2) is 15.0 Å². The van der Waals surface area contributed by atoms with Gasteiger partial charge in [-0.05, 0) is 12.1 Å². The molecule has 1 aromatic rings. The molecule has 0 aliphatic heterocycles. The molecule has 0 aromatic heterocycles. The monoisotopic (exact) mass is 232 g/mol. The van der Waals surface area contributed by atoms with Crippen molar-refractivity contribution in [3.63, 3.8) is 0 Å². The van der Waals surface area contributed by atoms with Crippen LogP contribution < -0.4 is 0 Å². The van der Waals surface area contributed by atoms with Crippen LogP contribution in [0.2, 0.25) is 0 Å². The van der Waals surface area contributed by atoms with Gasteiger partial charge in [0.1, 0.15) is 6.61 Å². The molecule has 14 heavy (non-hydrogen) atoms. The van der Waals surface area contributed by atoms with E-state index in [4.69, 9.17) is 11.6 Å². The highest BCUT2D eigenvalue weighted by molar-refractivity contribution is 7.86. The van der Waals surface area contributed by atoms with Crippen LogP contribution in [0.1, 0.15) is 0 Å². The zero-order valence-corrected chi connectivity index (χ0v) is 8.88. The molecule has 1 rings (SSSR count). The first-order valence-corrected chi connectivity index (χ1v) is 5.59. The molecule has 0 bridgehead atoms. The van der Waals surface area contributed by atoms with Crippen LogP contribution >= 0.6 is 11.6 Å². The summed E-state index contributed by atoms with van der Waals surface area (Å²) in [5.41, 5.74) is 0. The summed E-state index contributed by atoms with van der Waals surface area (Å²) in [4.78, 5) is 0.109. The second-order valence-corrected chi connectivity index (χ2v) is 4.70. The number of halogens is 1. The number of benzene rings is 1. The van der Waals surface area contributed by atoms with Gasteiger partial charge in [-0.15, -0.1) is 0 Å². The van der Waals surface area contributed by atoms with E-state index in [1.807, 2.05) is 0 Å². The van der Waals surface area contributed by atoms with E-state index in [1.165, 1.54) is 12.1 Å². The van der Waals surface area contributed by atoms with E-state index in [1.54, 1.807) is 18.2 Å². The maximum Gasteiger partial charge on any atom is 0.297 e. The second kappa shape index (κ2) is 4.59. The maximum atomic E-state index is 11.4. The van der Waals surface area contributed by atoms with Gasteiger partial charge in [0.25, 0.3) is 10.1 Å². The third-order valence-electron chi connectivity index (χ3n) is 1.40. The molecule has 0 N–H and O–H groups in total. The Kier molecular flexibility index (Phi) is 3.69. The quantitative estimate of drug-likeness (QED) is 0.747.